The first-order valence-electron chi connectivity index (χ1n) is 4.94. The Bertz CT molecular complexity index is 579. The molecule has 88 valence electrons. The number of benzene rings is 2. The molecule has 0 bridgehead atoms. The first kappa shape index (κ1) is 11.5. The molecule has 4 heteroatoms. The van der Waals surface area contributed by atoms with Gasteiger partial charge in [-0.05, 0) is 42.3 Å². The SMILES string of the molecule is Cc1cc(-c2ccc(F)c(F)c2F)ccc1O. The highest BCUT2D eigenvalue weighted by atomic mass is 19.2. The molecule has 0 aromatic heterocycles. The highest BCUT2D eigenvalue weighted by Gasteiger charge is 2.14. The Morgan fingerprint density at radius 1 is 0.941 bits per heavy atom. The maximum atomic E-state index is 13.5. The van der Waals surface area contributed by atoms with Gasteiger partial charge in [0.2, 0.25) is 0 Å². The van der Waals surface area contributed by atoms with Crippen molar-refractivity contribution in [2.24, 2.45) is 0 Å². The van der Waals surface area contributed by atoms with Gasteiger partial charge < -0.3 is 5.11 Å². The molecule has 0 amide bonds. The van der Waals surface area contributed by atoms with E-state index >= 15 is 0 Å². The molecule has 0 spiro atoms. The highest BCUT2D eigenvalue weighted by molar-refractivity contribution is 5.66. The minimum atomic E-state index is -1.49. The van der Waals surface area contributed by atoms with Gasteiger partial charge in [0.15, 0.2) is 17.5 Å². The molecule has 0 saturated carbocycles. The Kier molecular flexibility index (Phi) is 2.79. The molecule has 2 aromatic carbocycles. The second-order valence-electron chi connectivity index (χ2n) is 3.72. The van der Waals surface area contributed by atoms with E-state index in [0.29, 0.717) is 11.1 Å². The number of phenols is 1. The Morgan fingerprint density at radius 3 is 2.29 bits per heavy atom. The van der Waals surface area contributed by atoms with Crippen molar-refractivity contribution in [2.45, 2.75) is 6.92 Å². The molecule has 0 heterocycles. The van der Waals surface area contributed by atoms with Crippen molar-refractivity contribution in [3.8, 4) is 16.9 Å². The lowest BCUT2D eigenvalue weighted by molar-refractivity contribution is 0.449. The molecule has 1 N–H and O–H groups in total. The quantitative estimate of drug-likeness (QED) is 0.749. The molecule has 0 unspecified atom stereocenters. The minimum absolute atomic E-state index is 0.0352. The predicted molar refractivity (Wildman–Crippen MR) is 58.2 cm³/mol. The molecular formula is C13H9F3O. The molecule has 0 aliphatic carbocycles. The molecule has 2 aromatic rings. The monoisotopic (exact) mass is 238 g/mol. The van der Waals surface area contributed by atoms with Crippen LogP contribution in [0.1, 0.15) is 5.56 Å². The van der Waals surface area contributed by atoms with Crippen LogP contribution in [0.3, 0.4) is 0 Å². The van der Waals surface area contributed by atoms with Crippen molar-refractivity contribution < 1.29 is 18.3 Å². The lowest BCUT2D eigenvalue weighted by Crippen LogP contribution is -1.94. The van der Waals surface area contributed by atoms with Gasteiger partial charge in [0.1, 0.15) is 5.75 Å². The van der Waals surface area contributed by atoms with E-state index in [4.69, 9.17) is 0 Å². The van der Waals surface area contributed by atoms with E-state index in [1.165, 1.54) is 24.3 Å². The van der Waals surface area contributed by atoms with Gasteiger partial charge in [0.25, 0.3) is 0 Å². The Labute approximate surface area is 96.1 Å². The summed E-state index contributed by atoms with van der Waals surface area (Å²) in [5.41, 5.74) is 0.885. The maximum absolute atomic E-state index is 13.5. The van der Waals surface area contributed by atoms with Crippen molar-refractivity contribution in [1.29, 1.82) is 0 Å². The van der Waals surface area contributed by atoms with Crippen LogP contribution in [0.25, 0.3) is 11.1 Å². The van der Waals surface area contributed by atoms with Gasteiger partial charge in [-0.15, -0.1) is 0 Å². The number of aryl methyl sites for hydroxylation is 1. The number of rotatable bonds is 1. The van der Waals surface area contributed by atoms with Crippen LogP contribution in [0.15, 0.2) is 30.3 Å². The Hall–Kier alpha value is -1.97. The Balaban J connectivity index is 2.61. The van der Waals surface area contributed by atoms with Crippen LogP contribution in [-0.2, 0) is 0 Å². The fourth-order valence-electron chi connectivity index (χ4n) is 1.57. The van der Waals surface area contributed by atoms with Gasteiger partial charge in [0, 0.05) is 5.56 Å². The van der Waals surface area contributed by atoms with Gasteiger partial charge >= 0.3 is 0 Å². The fraction of sp³-hybridized carbons (Fsp3) is 0.0769. The van der Waals surface area contributed by atoms with Crippen LogP contribution >= 0.6 is 0 Å². The van der Waals surface area contributed by atoms with Gasteiger partial charge in [0.05, 0.1) is 0 Å². The number of hydrogen-bond acceptors (Lipinski definition) is 1. The maximum Gasteiger partial charge on any atom is 0.195 e. The zero-order valence-corrected chi connectivity index (χ0v) is 8.97. The van der Waals surface area contributed by atoms with E-state index in [1.54, 1.807) is 6.92 Å². The average molecular weight is 238 g/mol. The van der Waals surface area contributed by atoms with Crippen molar-refractivity contribution in [1.82, 2.24) is 0 Å². The first-order valence-corrected chi connectivity index (χ1v) is 4.94. The molecule has 2 rings (SSSR count). The van der Waals surface area contributed by atoms with Crippen molar-refractivity contribution in [3.05, 3.63) is 53.3 Å². The summed E-state index contributed by atoms with van der Waals surface area (Å²) in [6.07, 6.45) is 0. The zero-order chi connectivity index (χ0) is 12.6. The topological polar surface area (TPSA) is 20.2 Å². The summed E-state index contributed by atoms with van der Waals surface area (Å²) in [7, 11) is 0. The van der Waals surface area contributed by atoms with Crippen molar-refractivity contribution in [2.75, 3.05) is 0 Å². The van der Waals surface area contributed by atoms with E-state index in [0.717, 1.165) is 6.07 Å². The van der Waals surface area contributed by atoms with Crippen molar-refractivity contribution in [3.63, 3.8) is 0 Å². The fourth-order valence-corrected chi connectivity index (χ4v) is 1.57. The van der Waals surface area contributed by atoms with Crippen LogP contribution in [0, 0.1) is 24.4 Å². The lowest BCUT2D eigenvalue weighted by atomic mass is 10.0. The van der Waals surface area contributed by atoms with Crippen LogP contribution in [0.5, 0.6) is 5.75 Å². The van der Waals surface area contributed by atoms with E-state index in [1.807, 2.05) is 0 Å². The smallest absolute Gasteiger partial charge is 0.195 e. The third kappa shape index (κ3) is 1.98. The first-order chi connectivity index (χ1) is 8.00. The van der Waals surface area contributed by atoms with Crippen LogP contribution in [0.2, 0.25) is 0 Å². The van der Waals surface area contributed by atoms with E-state index in [2.05, 4.69) is 0 Å². The summed E-state index contributed by atoms with van der Waals surface area (Å²) in [6.45, 7) is 1.64. The number of halogens is 3. The summed E-state index contributed by atoms with van der Waals surface area (Å²) in [4.78, 5) is 0. The molecule has 0 aliphatic heterocycles. The highest BCUT2D eigenvalue weighted by Crippen LogP contribution is 2.29. The molecule has 0 aliphatic rings. The molecule has 1 nitrogen and oxygen atoms in total. The zero-order valence-electron chi connectivity index (χ0n) is 8.97. The van der Waals surface area contributed by atoms with Crippen LogP contribution < -0.4 is 0 Å². The number of aromatic hydroxyl groups is 1. The summed E-state index contributed by atoms with van der Waals surface area (Å²) >= 11 is 0. The van der Waals surface area contributed by atoms with E-state index in [9.17, 15) is 18.3 Å². The summed E-state index contributed by atoms with van der Waals surface area (Å²) in [5.74, 6) is -3.87. The predicted octanol–water partition coefficient (Wildman–Crippen LogP) is 3.78. The Morgan fingerprint density at radius 2 is 1.65 bits per heavy atom. The third-order valence-electron chi connectivity index (χ3n) is 2.54. The van der Waals surface area contributed by atoms with E-state index in [-0.39, 0.29) is 11.3 Å². The molecular weight excluding hydrogens is 229 g/mol. The van der Waals surface area contributed by atoms with Crippen molar-refractivity contribution >= 4 is 0 Å². The second-order valence-corrected chi connectivity index (χ2v) is 3.72. The summed E-state index contributed by atoms with van der Waals surface area (Å²) in [5, 5.41) is 9.33. The lowest BCUT2D eigenvalue weighted by Gasteiger charge is -2.07. The normalized spacial score (nSPS) is 10.6. The average Bonchev–Trinajstić information content (AvgIpc) is 2.30. The largest absolute Gasteiger partial charge is 0.508 e. The number of hydrogen-bond donors (Lipinski definition) is 1. The van der Waals surface area contributed by atoms with Gasteiger partial charge in [-0.25, -0.2) is 13.2 Å². The standard InChI is InChI=1S/C13H9F3O/c1-7-6-8(2-5-11(7)17)9-3-4-10(14)13(16)12(9)15/h2-6,17H,1H3. The molecule has 0 atom stereocenters. The second kappa shape index (κ2) is 4.13. The van der Waals surface area contributed by atoms with Gasteiger partial charge in [-0.3, -0.25) is 0 Å². The van der Waals surface area contributed by atoms with Crippen LogP contribution in [0.4, 0.5) is 13.2 Å². The van der Waals surface area contributed by atoms with Gasteiger partial charge in [-0.2, -0.15) is 0 Å². The number of phenolic OH excluding ortho intramolecular Hbond substituents is 1. The third-order valence-corrected chi connectivity index (χ3v) is 2.54. The minimum Gasteiger partial charge on any atom is -0.508 e. The molecule has 0 radical (unpaired) electrons. The van der Waals surface area contributed by atoms with Crippen LogP contribution in [-0.4, -0.2) is 5.11 Å². The molecule has 0 saturated heterocycles. The van der Waals surface area contributed by atoms with E-state index < -0.39 is 17.5 Å². The summed E-state index contributed by atoms with van der Waals surface area (Å²) < 4.78 is 39.3. The molecule has 0 fully saturated rings. The summed E-state index contributed by atoms with van der Waals surface area (Å²) in [6, 6.07) is 6.37. The van der Waals surface area contributed by atoms with Gasteiger partial charge in [-0.1, -0.05) is 6.07 Å². The molecule has 17 heavy (non-hydrogen) atoms.